The molecule has 0 saturated heterocycles. The van der Waals surface area contributed by atoms with Crippen LogP contribution in [0.25, 0.3) is 0 Å². The maximum atomic E-state index is 5.61. The summed E-state index contributed by atoms with van der Waals surface area (Å²) in [5, 5.41) is 7.93. The molecule has 15 heavy (non-hydrogen) atoms. The van der Waals surface area contributed by atoms with Crippen molar-refractivity contribution in [3.63, 3.8) is 0 Å². The summed E-state index contributed by atoms with van der Waals surface area (Å²) in [6.07, 6.45) is 2.14. The first-order valence-corrected chi connectivity index (χ1v) is 5.96. The lowest BCUT2D eigenvalue weighted by Gasteiger charge is -2.24. The van der Waals surface area contributed by atoms with Gasteiger partial charge in [0.05, 0.1) is 11.7 Å². The minimum atomic E-state index is 0.0920. The second-order valence-electron chi connectivity index (χ2n) is 3.61. The Kier molecular flexibility index (Phi) is 4.69. The zero-order valence-corrected chi connectivity index (χ0v) is 11.0. The number of halogens is 1. The van der Waals surface area contributed by atoms with Crippen molar-refractivity contribution in [2.75, 3.05) is 0 Å². The van der Waals surface area contributed by atoms with E-state index in [0.717, 1.165) is 23.1 Å². The number of hydrogen-bond acceptors (Lipinski definition) is 4. The van der Waals surface area contributed by atoms with Crippen LogP contribution in [0.3, 0.4) is 0 Å². The van der Waals surface area contributed by atoms with Crippen LogP contribution in [0.15, 0.2) is 4.60 Å². The molecule has 5 nitrogen and oxygen atoms in total. The predicted molar refractivity (Wildman–Crippen MR) is 62.8 cm³/mol. The van der Waals surface area contributed by atoms with Crippen molar-refractivity contribution < 1.29 is 0 Å². The molecular formula is C9H18BrN5. The molecule has 0 amide bonds. The standard InChI is InChI=1S/C9H18BrN5/c1-4-6(5-2)7(12-11)8-9(10)13-14-15(8)3/h6-7,12H,4-5,11H2,1-3H3. The molecule has 0 saturated carbocycles. The van der Waals surface area contributed by atoms with E-state index < -0.39 is 0 Å². The van der Waals surface area contributed by atoms with Gasteiger partial charge in [-0.25, -0.2) is 4.68 Å². The van der Waals surface area contributed by atoms with E-state index in [2.05, 4.69) is 45.5 Å². The molecule has 0 spiro atoms. The van der Waals surface area contributed by atoms with Gasteiger partial charge in [0.2, 0.25) is 0 Å². The Morgan fingerprint density at radius 2 is 2.07 bits per heavy atom. The lowest BCUT2D eigenvalue weighted by atomic mass is 9.92. The summed E-state index contributed by atoms with van der Waals surface area (Å²) in [6.45, 7) is 4.33. The molecule has 86 valence electrons. The van der Waals surface area contributed by atoms with Gasteiger partial charge in [-0.1, -0.05) is 31.9 Å². The van der Waals surface area contributed by atoms with E-state index >= 15 is 0 Å². The molecule has 1 aromatic heterocycles. The molecule has 0 aromatic carbocycles. The number of hydrazine groups is 1. The highest BCUT2D eigenvalue weighted by molar-refractivity contribution is 9.10. The van der Waals surface area contributed by atoms with E-state index in [1.54, 1.807) is 4.68 Å². The number of nitrogens with zero attached hydrogens (tertiary/aromatic N) is 3. The summed E-state index contributed by atoms with van der Waals surface area (Å²) < 4.78 is 2.52. The number of hydrogen-bond donors (Lipinski definition) is 2. The molecule has 1 unspecified atom stereocenters. The summed E-state index contributed by atoms with van der Waals surface area (Å²) >= 11 is 3.40. The van der Waals surface area contributed by atoms with E-state index in [1.807, 2.05) is 7.05 Å². The first kappa shape index (κ1) is 12.6. The Morgan fingerprint density at radius 3 is 2.40 bits per heavy atom. The summed E-state index contributed by atoms with van der Waals surface area (Å²) in [6, 6.07) is 0.0920. The molecule has 0 aliphatic carbocycles. The van der Waals surface area contributed by atoms with Crippen molar-refractivity contribution >= 4 is 15.9 Å². The summed E-state index contributed by atoms with van der Waals surface area (Å²) in [4.78, 5) is 0. The molecule has 0 fully saturated rings. The van der Waals surface area contributed by atoms with Crippen molar-refractivity contribution in [3.8, 4) is 0 Å². The van der Waals surface area contributed by atoms with Crippen LogP contribution in [0.4, 0.5) is 0 Å². The van der Waals surface area contributed by atoms with E-state index in [0.29, 0.717) is 5.92 Å². The minimum Gasteiger partial charge on any atom is -0.271 e. The molecule has 0 radical (unpaired) electrons. The molecule has 6 heteroatoms. The summed E-state index contributed by atoms with van der Waals surface area (Å²) in [5.41, 5.74) is 3.86. The Morgan fingerprint density at radius 1 is 1.47 bits per heavy atom. The molecule has 0 aliphatic rings. The number of aromatic nitrogens is 3. The van der Waals surface area contributed by atoms with Gasteiger partial charge in [-0.2, -0.15) is 0 Å². The molecule has 0 bridgehead atoms. The average molecular weight is 276 g/mol. The predicted octanol–water partition coefficient (Wildman–Crippen LogP) is 1.52. The number of nitrogens with one attached hydrogen (secondary N) is 1. The number of nitrogens with two attached hydrogens (primary N) is 1. The summed E-state index contributed by atoms with van der Waals surface area (Å²) in [7, 11) is 1.87. The SMILES string of the molecule is CCC(CC)C(NN)c1c(Br)nnn1C. The van der Waals surface area contributed by atoms with Crippen LogP contribution in [0, 0.1) is 5.92 Å². The Bertz CT molecular complexity index is 288. The van der Waals surface area contributed by atoms with Crippen LogP contribution in [-0.2, 0) is 7.05 Å². The van der Waals surface area contributed by atoms with Crippen molar-refractivity contribution in [3.05, 3.63) is 10.3 Å². The molecule has 1 aromatic rings. The van der Waals surface area contributed by atoms with Crippen LogP contribution in [0.1, 0.15) is 38.4 Å². The third kappa shape index (κ3) is 2.56. The maximum Gasteiger partial charge on any atom is 0.153 e. The van der Waals surface area contributed by atoms with Crippen molar-refractivity contribution in [2.45, 2.75) is 32.7 Å². The van der Waals surface area contributed by atoms with Crippen LogP contribution in [0.5, 0.6) is 0 Å². The number of aryl methyl sites for hydroxylation is 1. The fraction of sp³-hybridized carbons (Fsp3) is 0.778. The smallest absolute Gasteiger partial charge is 0.153 e. The zero-order chi connectivity index (χ0) is 11.4. The molecule has 1 heterocycles. The Labute approximate surface area is 98.5 Å². The normalized spacial score (nSPS) is 13.5. The van der Waals surface area contributed by atoms with Gasteiger partial charge in [0, 0.05) is 7.05 Å². The van der Waals surface area contributed by atoms with Gasteiger partial charge in [0.15, 0.2) is 4.60 Å². The Hall–Kier alpha value is -0.460. The third-order valence-electron chi connectivity index (χ3n) is 2.82. The van der Waals surface area contributed by atoms with Gasteiger partial charge in [0.25, 0.3) is 0 Å². The second-order valence-corrected chi connectivity index (χ2v) is 4.36. The summed E-state index contributed by atoms with van der Waals surface area (Å²) in [5.74, 6) is 6.10. The largest absolute Gasteiger partial charge is 0.271 e. The van der Waals surface area contributed by atoms with Gasteiger partial charge in [-0.15, -0.1) is 5.10 Å². The molecule has 1 atom stereocenters. The lowest BCUT2D eigenvalue weighted by molar-refractivity contribution is 0.329. The van der Waals surface area contributed by atoms with Gasteiger partial charge in [-0.05, 0) is 21.8 Å². The van der Waals surface area contributed by atoms with Gasteiger partial charge in [-0.3, -0.25) is 11.3 Å². The van der Waals surface area contributed by atoms with Crippen LogP contribution >= 0.6 is 15.9 Å². The monoisotopic (exact) mass is 275 g/mol. The van der Waals surface area contributed by atoms with Crippen molar-refractivity contribution in [1.29, 1.82) is 0 Å². The fourth-order valence-corrected chi connectivity index (χ4v) is 2.44. The van der Waals surface area contributed by atoms with Crippen LogP contribution in [0.2, 0.25) is 0 Å². The molecule has 1 rings (SSSR count). The van der Waals surface area contributed by atoms with E-state index in [4.69, 9.17) is 5.84 Å². The first-order valence-electron chi connectivity index (χ1n) is 5.16. The Balaban J connectivity index is 3.01. The minimum absolute atomic E-state index is 0.0920. The quantitative estimate of drug-likeness (QED) is 0.632. The highest BCUT2D eigenvalue weighted by atomic mass is 79.9. The molecule has 0 aliphatic heterocycles. The third-order valence-corrected chi connectivity index (χ3v) is 3.39. The second kappa shape index (κ2) is 5.58. The van der Waals surface area contributed by atoms with Crippen LogP contribution in [-0.4, -0.2) is 15.0 Å². The lowest BCUT2D eigenvalue weighted by Crippen LogP contribution is -2.34. The first-order chi connectivity index (χ1) is 7.15. The zero-order valence-electron chi connectivity index (χ0n) is 9.37. The molecular weight excluding hydrogens is 258 g/mol. The van der Waals surface area contributed by atoms with Crippen molar-refractivity contribution in [2.24, 2.45) is 18.8 Å². The van der Waals surface area contributed by atoms with Gasteiger partial charge >= 0.3 is 0 Å². The highest BCUT2D eigenvalue weighted by Gasteiger charge is 2.25. The van der Waals surface area contributed by atoms with E-state index in [1.165, 1.54) is 0 Å². The van der Waals surface area contributed by atoms with Crippen LogP contribution < -0.4 is 11.3 Å². The van der Waals surface area contributed by atoms with Gasteiger partial charge in [0.1, 0.15) is 0 Å². The van der Waals surface area contributed by atoms with Crippen molar-refractivity contribution in [1.82, 2.24) is 20.4 Å². The maximum absolute atomic E-state index is 5.61. The average Bonchev–Trinajstić information content (AvgIpc) is 2.56. The van der Waals surface area contributed by atoms with Gasteiger partial charge < -0.3 is 0 Å². The number of rotatable bonds is 5. The van der Waals surface area contributed by atoms with E-state index in [-0.39, 0.29) is 6.04 Å². The highest BCUT2D eigenvalue weighted by Crippen LogP contribution is 2.29. The van der Waals surface area contributed by atoms with E-state index in [9.17, 15) is 0 Å². The fourth-order valence-electron chi connectivity index (χ4n) is 1.87. The topological polar surface area (TPSA) is 68.8 Å². The molecule has 3 N–H and O–H groups in total.